The number of hydrogen-bond donors (Lipinski definition) is 0. The monoisotopic (exact) mass is 315 g/mol. The molecule has 1 aliphatic rings. The molecule has 1 atom stereocenters. The SMILES string of the molecule is CCC1c2ccsc2CCN1C(=O)Cc1ccc(OC)cc1. The lowest BCUT2D eigenvalue weighted by Gasteiger charge is -2.35. The third-order valence-corrected chi connectivity index (χ3v) is 5.31. The van der Waals surface area contributed by atoms with Gasteiger partial charge >= 0.3 is 0 Å². The van der Waals surface area contributed by atoms with Gasteiger partial charge in [-0.2, -0.15) is 0 Å². The maximum atomic E-state index is 12.7. The number of amides is 1. The number of carbonyl (C=O) groups excluding carboxylic acids is 1. The van der Waals surface area contributed by atoms with Crippen molar-refractivity contribution in [3.05, 3.63) is 51.7 Å². The van der Waals surface area contributed by atoms with Crippen molar-refractivity contribution >= 4 is 17.2 Å². The molecule has 1 aromatic carbocycles. The van der Waals surface area contributed by atoms with Gasteiger partial charge in [0, 0.05) is 11.4 Å². The van der Waals surface area contributed by atoms with Gasteiger partial charge in [0.15, 0.2) is 0 Å². The Bertz CT molecular complexity index is 647. The molecule has 0 saturated carbocycles. The quantitative estimate of drug-likeness (QED) is 0.858. The summed E-state index contributed by atoms with van der Waals surface area (Å²) >= 11 is 1.81. The van der Waals surface area contributed by atoms with Gasteiger partial charge in [-0.3, -0.25) is 4.79 Å². The van der Waals surface area contributed by atoms with Crippen LogP contribution in [0.15, 0.2) is 35.7 Å². The van der Waals surface area contributed by atoms with Crippen molar-refractivity contribution in [1.82, 2.24) is 4.90 Å². The number of nitrogens with zero attached hydrogens (tertiary/aromatic N) is 1. The molecule has 0 spiro atoms. The Labute approximate surface area is 135 Å². The van der Waals surface area contributed by atoms with Crippen LogP contribution in [0.2, 0.25) is 0 Å². The molecule has 0 radical (unpaired) electrons. The standard InChI is InChI=1S/C18H21NO2S/c1-3-16-15-9-11-22-17(15)8-10-19(16)18(20)12-13-4-6-14(21-2)7-5-13/h4-7,9,11,16H,3,8,10,12H2,1-2H3. The predicted molar refractivity (Wildman–Crippen MR) is 89.5 cm³/mol. The number of ether oxygens (including phenoxy) is 1. The fourth-order valence-electron chi connectivity index (χ4n) is 3.15. The summed E-state index contributed by atoms with van der Waals surface area (Å²) in [7, 11) is 1.65. The van der Waals surface area contributed by atoms with Gasteiger partial charge in [-0.15, -0.1) is 11.3 Å². The van der Waals surface area contributed by atoms with Gasteiger partial charge in [0.2, 0.25) is 5.91 Å². The molecule has 2 heterocycles. The zero-order valence-electron chi connectivity index (χ0n) is 13.0. The molecule has 0 aliphatic carbocycles. The molecule has 0 N–H and O–H groups in total. The Morgan fingerprint density at radius 1 is 1.32 bits per heavy atom. The first-order valence-corrected chi connectivity index (χ1v) is 8.59. The first-order chi connectivity index (χ1) is 10.7. The lowest BCUT2D eigenvalue weighted by atomic mass is 9.97. The fourth-order valence-corrected chi connectivity index (χ4v) is 4.08. The van der Waals surface area contributed by atoms with Crippen LogP contribution in [0.3, 0.4) is 0 Å². The van der Waals surface area contributed by atoms with E-state index in [9.17, 15) is 4.79 Å². The minimum atomic E-state index is 0.217. The Kier molecular flexibility index (Phi) is 4.48. The zero-order valence-corrected chi connectivity index (χ0v) is 13.9. The molecule has 0 fully saturated rings. The number of methoxy groups -OCH3 is 1. The third-order valence-electron chi connectivity index (χ3n) is 4.32. The van der Waals surface area contributed by atoms with Crippen molar-refractivity contribution in [2.75, 3.05) is 13.7 Å². The van der Waals surface area contributed by atoms with Crippen molar-refractivity contribution in [2.24, 2.45) is 0 Å². The molecule has 1 unspecified atom stereocenters. The molecule has 116 valence electrons. The summed E-state index contributed by atoms with van der Waals surface area (Å²) in [5.41, 5.74) is 2.39. The Hall–Kier alpha value is -1.81. The van der Waals surface area contributed by atoms with Crippen LogP contribution in [0.4, 0.5) is 0 Å². The van der Waals surface area contributed by atoms with Crippen LogP contribution >= 0.6 is 11.3 Å². The van der Waals surface area contributed by atoms with Crippen LogP contribution in [0.25, 0.3) is 0 Å². The fraction of sp³-hybridized carbons (Fsp3) is 0.389. The van der Waals surface area contributed by atoms with Crippen LogP contribution in [0.1, 0.15) is 35.4 Å². The van der Waals surface area contributed by atoms with Crippen LogP contribution in [0, 0.1) is 0 Å². The van der Waals surface area contributed by atoms with Gasteiger partial charge in [-0.25, -0.2) is 0 Å². The highest BCUT2D eigenvalue weighted by atomic mass is 32.1. The molecule has 22 heavy (non-hydrogen) atoms. The number of benzene rings is 1. The van der Waals surface area contributed by atoms with E-state index >= 15 is 0 Å². The summed E-state index contributed by atoms with van der Waals surface area (Å²) < 4.78 is 5.16. The summed E-state index contributed by atoms with van der Waals surface area (Å²) in [6.07, 6.45) is 2.41. The number of fused-ring (bicyclic) bond motifs is 1. The van der Waals surface area contributed by atoms with Gasteiger partial charge in [0.1, 0.15) is 5.75 Å². The van der Waals surface area contributed by atoms with Crippen molar-refractivity contribution in [3.8, 4) is 5.75 Å². The Balaban J connectivity index is 1.74. The van der Waals surface area contributed by atoms with Crippen LogP contribution in [0.5, 0.6) is 5.75 Å². The van der Waals surface area contributed by atoms with E-state index in [0.717, 1.165) is 30.7 Å². The first kappa shape index (κ1) is 15.1. The van der Waals surface area contributed by atoms with Gasteiger partial charge in [0.25, 0.3) is 0 Å². The van der Waals surface area contributed by atoms with Crippen molar-refractivity contribution < 1.29 is 9.53 Å². The number of hydrogen-bond acceptors (Lipinski definition) is 3. The summed E-state index contributed by atoms with van der Waals surface area (Å²) in [4.78, 5) is 16.2. The summed E-state index contributed by atoms with van der Waals surface area (Å²) in [5, 5.41) is 2.14. The number of carbonyl (C=O) groups is 1. The second kappa shape index (κ2) is 6.53. The van der Waals surface area contributed by atoms with E-state index in [1.165, 1.54) is 10.4 Å². The van der Waals surface area contributed by atoms with Gasteiger partial charge in [0.05, 0.1) is 19.6 Å². The zero-order chi connectivity index (χ0) is 15.5. The Morgan fingerprint density at radius 3 is 2.77 bits per heavy atom. The molecule has 1 aromatic heterocycles. The molecule has 2 aromatic rings. The normalized spacial score (nSPS) is 17.2. The molecular weight excluding hydrogens is 294 g/mol. The molecule has 1 amide bonds. The van der Waals surface area contributed by atoms with E-state index in [1.807, 2.05) is 35.6 Å². The smallest absolute Gasteiger partial charge is 0.227 e. The van der Waals surface area contributed by atoms with E-state index in [1.54, 1.807) is 7.11 Å². The predicted octanol–water partition coefficient (Wildman–Crippen LogP) is 3.84. The maximum absolute atomic E-state index is 12.7. The molecule has 3 rings (SSSR count). The van der Waals surface area contributed by atoms with E-state index < -0.39 is 0 Å². The van der Waals surface area contributed by atoms with Crippen molar-refractivity contribution in [3.63, 3.8) is 0 Å². The van der Waals surface area contributed by atoms with Crippen LogP contribution in [-0.2, 0) is 17.6 Å². The highest BCUT2D eigenvalue weighted by Gasteiger charge is 2.30. The maximum Gasteiger partial charge on any atom is 0.227 e. The van der Waals surface area contributed by atoms with Gasteiger partial charge in [-0.1, -0.05) is 19.1 Å². The summed E-state index contributed by atoms with van der Waals surface area (Å²) in [5.74, 6) is 1.04. The molecule has 4 heteroatoms. The first-order valence-electron chi connectivity index (χ1n) is 7.71. The second-order valence-corrected chi connectivity index (χ2v) is 6.59. The van der Waals surface area contributed by atoms with E-state index in [-0.39, 0.29) is 11.9 Å². The third kappa shape index (κ3) is 2.88. The minimum absolute atomic E-state index is 0.217. The number of rotatable bonds is 4. The average Bonchev–Trinajstić information content (AvgIpc) is 3.03. The lowest BCUT2D eigenvalue weighted by Crippen LogP contribution is -2.40. The van der Waals surface area contributed by atoms with E-state index in [0.29, 0.717) is 6.42 Å². The molecular formula is C18H21NO2S. The largest absolute Gasteiger partial charge is 0.497 e. The van der Waals surface area contributed by atoms with Crippen molar-refractivity contribution in [1.29, 1.82) is 0 Å². The highest BCUT2D eigenvalue weighted by Crippen LogP contribution is 2.35. The second-order valence-electron chi connectivity index (χ2n) is 5.59. The molecule has 0 bridgehead atoms. The summed E-state index contributed by atoms with van der Waals surface area (Å²) in [6.45, 7) is 2.99. The van der Waals surface area contributed by atoms with Gasteiger partial charge < -0.3 is 9.64 Å². The minimum Gasteiger partial charge on any atom is -0.497 e. The number of thiophene rings is 1. The molecule has 3 nitrogen and oxygen atoms in total. The van der Waals surface area contributed by atoms with Crippen LogP contribution in [-0.4, -0.2) is 24.5 Å². The van der Waals surface area contributed by atoms with E-state index in [4.69, 9.17) is 4.74 Å². The summed E-state index contributed by atoms with van der Waals surface area (Å²) in [6, 6.07) is 10.2. The van der Waals surface area contributed by atoms with Crippen LogP contribution < -0.4 is 4.74 Å². The van der Waals surface area contributed by atoms with Gasteiger partial charge in [-0.05, 0) is 47.5 Å². The lowest BCUT2D eigenvalue weighted by molar-refractivity contribution is -0.133. The highest BCUT2D eigenvalue weighted by molar-refractivity contribution is 7.10. The average molecular weight is 315 g/mol. The Morgan fingerprint density at radius 2 is 2.09 bits per heavy atom. The van der Waals surface area contributed by atoms with E-state index in [2.05, 4.69) is 23.3 Å². The molecule has 1 aliphatic heterocycles. The topological polar surface area (TPSA) is 29.5 Å². The molecule has 0 saturated heterocycles. The van der Waals surface area contributed by atoms with Crippen molar-refractivity contribution in [2.45, 2.75) is 32.2 Å².